The van der Waals surface area contributed by atoms with Crippen LogP contribution >= 0.6 is 0 Å². The number of hydrogen-bond acceptors (Lipinski definition) is 3. The molecular formula is C22H26N2O. The molecule has 0 saturated carbocycles. The summed E-state index contributed by atoms with van der Waals surface area (Å²) in [4.78, 5) is 4.65. The molecule has 0 radical (unpaired) electrons. The van der Waals surface area contributed by atoms with Gasteiger partial charge in [-0.3, -0.25) is 4.98 Å². The second kappa shape index (κ2) is 6.49. The van der Waals surface area contributed by atoms with Gasteiger partial charge in [0.25, 0.3) is 0 Å². The SMILES string of the molecule is COc1ccc(C)cc1-c1cnc(CN)c2cc(C(C)(C)C)ccc12. The van der Waals surface area contributed by atoms with Crippen LogP contribution < -0.4 is 10.5 Å². The molecule has 3 nitrogen and oxygen atoms in total. The van der Waals surface area contributed by atoms with Crippen LogP contribution in [0.4, 0.5) is 0 Å². The Balaban J connectivity index is 2.33. The second-order valence-corrected chi connectivity index (χ2v) is 7.54. The summed E-state index contributed by atoms with van der Waals surface area (Å²) in [5, 5.41) is 2.28. The number of aryl methyl sites for hydroxylation is 1. The molecule has 2 N–H and O–H groups in total. The summed E-state index contributed by atoms with van der Waals surface area (Å²) >= 11 is 0. The van der Waals surface area contributed by atoms with Gasteiger partial charge in [-0.25, -0.2) is 0 Å². The van der Waals surface area contributed by atoms with Crippen LogP contribution in [0.1, 0.15) is 37.6 Å². The highest BCUT2D eigenvalue weighted by Crippen LogP contribution is 2.37. The number of nitrogens with two attached hydrogens (primary N) is 1. The van der Waals surface area contributed by atoms with Gasteiger partial charge in [0.2, 0.25) is 0 Å². The van der Waals surface area contributed by atoms with Crippen molar-refractivity contribution in [3.8, 4) is 16.9 Å². The third kappa shape index (κ3) is 3.24. The maximum atomic E-state index is 5.96. The molecule has 25 heavy (non-hydrogen) atoms. The maximum absolute atomic E-state index is 5.96. The molecule has 0 atom stereocenters. The normalized spacial score (nSPS) is 11.8. The summed E-state index contributed by atoms with van der Waals surface area (Å²) in [6.07, 6.45) is 1.92. The van der Waals surface area contributed by atoms with E-state index in [9.17, 15) is 0 Å². The Hall–Kier alpha value is -2.39. The first kappa shape index (κ1) is 17.4. The molecular weight excluding hydrogens is 308 g/mol. The molecule has 3 heteroatoms. The fourth-order valence-electron chi connectivity index (χ4n) is 3.18. The van der Waals surface area contributed by atoms with Crippen molar-refractivity contribution in [1.82, 2.24) is 4.98 Å². The van der Waals surface area contributed by atoms with E-state index >= 15 is 0 Å². The van der Waals surface area contributed by atoms with Crippen molar-refractivity contribution >= 4 is 10.8 Å². The summed E-state index contributed by atoms with van der Waals surface area (Å²) in [5.74, 6) is 0.856. The summed E-state index contributed by atoms with van der Waals surface area (Å²) in [7, 11) is 1.70. The van der Waals surface area contributed by atoms with Crippen LogP contribution in [0.2, 0.25) is 0 Å². The van der Waals surface area contributed by atoms with Gasteiger partial charge in [-0.15, -0.1) is 0 Å². The number of fused-ring (bicyclic) bond motifs is 1. The number of rotatable bonds is 3. The van der Waals surface area contributed by atoms with Crippen molar-refractivity contribution in [1.29, 1.82) is 0 Å². The van der Waals surface area contributed by atoms with E-state index in [1.807, 2.05) is 12.3 Å². The number of ether oxygens (including phenoxy) is 1. The van der Waals surface area contributed by atoms with Gasteiger partial charge < -0.3 is 10.5 Å². The summed E-state index contributed by atoms with van der Waals surface area (Å²) in [5.41, 5.74) is 11.6. The van der Waals surface area contributed by atoms with E-state index < -0.39 is 0 Å². The van der Waals surface area contributed by atoms with Gasteiger partial charge >= 0.3 is 0 Å². The van der Waals surface area contributed by atoms with Gasteiger partial charge in [-0.2, -0.15) is 0 Å². The maximum Gasteiger partial charge on any atom is 0.126 e. The summed E-state index contributed by atoms with van der Waals surface area (Å²) in [6, 6.07) is 12.8. The number of hydrogen-bond donors (Lipinski definition) is 1. The first-order chi connectivity index (χ1) is 11.8. The molecule has 0 spiro atoms. The molecule has 0 amide bonds. The Morgan fingerprint density at radius 1 is 1.00 bits per heavy atom. The van der Waals surface area contributed by atoms with Gasteiger partial charge in [0.15, 0.2) is 0 Å². The lowest BCUT2D eigenvalue weighted by molar-refractivity contribution is 0.416. The molecule has 0 bridgehead atoms. The van der Waals surface area contributed by atoms with Crippen molar-refractivity contribution in [2.24, 2.45) is 5.73 Å². The average Bonchev–Trinajstić information content (AvgIpc) is 2.59. The molecule has 3 rings (SSSR count). The molecule has 1 heterocycles. The van der Waals surface area contributed by atoms with Crippen molar-refractivity contribution < 1.29 is 4.74 Å². The topological polar surface area (TPSA) is 48.1 Å². The van der Waals surface area contributed by atoms with E-state index in [4.69, 9.17) is 10.5 Å². The van der Waals surface area contributed by atoms with Crippen LogP contribution in [0.15, 0.2) is 42.6 Å². The molecule has 0 unspecified atom stereocenters. The average molecular weight is 334 g/mol. The van der Waals surface area contributed by atoms with Crippen LogP contribution in [0.3, 0.4) is 0 Å². The predicted octanol–water partition coefficient (Wildman–Crippen LogP) is 4.98. The molecule has 0 aliphatic heterocycles. The largest absolute Gasteiger partial charge is 0.496 e. The fourth-order valence-corrected chi connectivity index (χ4v) is 3.18. The van der Waals surface area contributed by atoms with E-state index in [0.717, 1.165) is 33.3 Å². The van der Waals surface area contributed by atoms with Crippen molar-refractivity contribution in [2.45, 2.75) is 39.7 Å². The lowest BCUT2D eigenvalue weighted by atomic mass is 9.85. The molecule has 0 fully saturated rings. The Labute approximate surface area is 149 Å². The molecule has 0 aliphatic rings. The first-order valence-electron chi connectivity index (χ1n) is 8.62. The predicted molar refractivity (Wildman–Crippen MR) is 105 cm³/mol. The molecule has 130 valence electrons. The minimum atomic E-state index is 0.0804. The van der Waals surface area contributed by atoms with Gasteiger partial charge in [-0.05, 0) is 41.5 Å². The highest BCUT2D eigenvalue weighted by Gasteiger charge is 2.17. The van der Waals surface area contributed by atoms with Crippen LogP contribution in [0, 0.1) is 6.92 Å². The molecule has 0 saturated heterocycles. The Bertz CT molecular complexity index is 923. The third-order valence-corrected chi connectivity index (χ3v) is 4.67. The van der Waals surface area contributed by atoms with Crippen molar-refractivity contribution in [3.05, 3.63) is 59.4 Å². The molecule has 1 aromatic heterocycles. The zero-order valence-electron chi connectivity index (χ0n) is 15.7. The van der Waals surface area contributed by atoms with Gasteiger partial charge in [0.05, 0.1) is 12.8 Å². The van der Waals surface area contributed by atoms with Crippen LogP contribution in [-0.4, -0.2) is 12.1 Å². The molecule has 3 aromatic rings. The lowest BCUT2D eigenvalue weighted by Gasteiger charge is -2.21. The fraction of sp³-hybridized carbons (Fsp3) is 0.318. The first-order valence-corrected chi connectivity index (χ1v) is 8.62. The Kier molecular flexibility index (Phi) is 4.53. The van der Waals surface area contributed by atoms with Crippen molar-refractivity contribution in [3.63, 3.8) is 0 Å². The highest BCUT2D eigenvalue weighted by atomic mass is 16.5. The summed E-state index contributed by atoms with van der Waals surface area (Å²) in [6.45, 7) is 9.17. The number of nitrogens with zero attached hydrogens (tertiary/aromatic N) is 1. The van der Waals surface area contributed by atoms with Crippen LogP contribution in [0.5, 0.6) is 5.75 Å². The van der Waals surface area contributed by atoms with E-state index in [-0.39, 0.29) is 5.41 Å². The third-order valence-electron chi connectivity index (χ3n) is 4.67. The Morgan fingerprint density at radius 2 is 1.76 bits per heavy atom. The quantitative estimate of drug-likeness (QED) is 0.735. The monoisotopic (exact) mass is 334 g/mol. The number of benzene rings is 2. The Morgan fingerprint density at radius 3 is 2.40 bits per heavy atom. The lowest BCUT2D eigenvalue weighted by Crippen LogP contribution is -2.11. The van der Waals surface area contributed by atoms with E-state index in [1.165, 1.54) is 11.1 Å². The summed E-state index contributed by atoms with van der Waals surface area (Å²) < 4.78 is 5.59. The van der Waals surface area contributed by atoms with Crippen molar-refractivity contribution in [2.75, 3.05) is 7.11 Å². The zero-order chi connectivity index (χ0) is 18.2. The number of methoxy groups -OCH3 is 1. The second-order valence-electron chi connectivity index (χ2n) is 7.54. The highest BCUT2D eigenvalue weighted by molar-refractivity contribution is 5.99. The zero-order valence-corrected chi connectivity index (χ0v) is 15.7. The van der Waals surface area contributed by atoms with Gasteiger partial charge in [0.1, 0.15) is 5.75 Å². The van der Waals surface area contributed by atoms with E-state index in [1.54, 1.807) is 7.11 Å². The van der Waals surface area contributed by atoms with Gasteiger partial charge in [0, 0.05) is 29.3 Å². The van der Waals surface area contributed by atoms with Crippen LogP contribution in [-0.2, 0) is 12.0 Å². The molecule has 0 aliphatic carbocycles. The minimum absolute atomic E-state index is 0.0804. The standard InChI is InChI=1S/C22H26N2O/c1-14-6-9-21(25-5)18(10-14)19-13-24-20(12-23)17-11-15(22(2,3)4)7-8-16(17)19/h6-11,13H,12,23H2,1-5H3. The smallest absolute Gasteiger partial charge is 0.126 e. The molecule has 2 aromatic carbocycles. The number of pyridine rings is 1. The van der Waals surface area contributed by atoms with Gasteiger partial charge in [-0.1, -0.05) is 44.5 Å². The van der Waals surface area contributed by atoms with E-state index in [0.29, 0.717) is 6.54 Å². The van der Waals surface area contributed by atoms with E-state index in [2.05, 4.69) is 63.0 Å². The van der Waals surface area contributed by atoms with Crippen LogP contribution in [0.25, 0.3) is 21.9 Å². The minimum Gasteiger partial charge on any atom is -0.496 e. The number of aromatic nitrogens is 1.